The van der Waals surface area contributed by atoms with Crippen molar-refractivity contribution in [3.63, 3.8) is 0 Å². The van der Waals surface area contributed by atoms with Crippen LogP contribution < -0.4 is 34.3 Å². The van der Waals surface area contributed by atoms with Gasteiger partial charge in [0, 0.05) is 22.7 Å². The molecule has 0 aromatic heterocycles. The lowest BCUT2D eigenvalue weighted by Gasteiger charge is -2.27. The van der Waals surface area contributed by atoms with Gasteiger partial charge >= 0.3 is 0 Å². The van der Waals surface area contributed by atoms with Gasteiger partial charge in [0.15, 0.2) is 16.7 Å². The number of nitrogens with one attached hydrogen (secondary N) is 2. The molecule has 3 aromatic carbocycles. The van der Waals surface area contributed by atoms with Gasteiger partial charge in [-0.3, -0.25) is 4.79 Å². The number of rotatable bonds is 10. The summed E-state index contributed by atoms with van der Waals surface area (Å²) >= 11 is 1.50. The molecule has 0 radical (unpaired) electrons. The normalized spacial score (nSPS) is 14.6. The predicted octanol–water partition coefficient (Wildman–Crippen LogP) is 5.58. The number of benzene rings is 3. The molecule has 9 nitrogen and oxygen atoms in total. The van der Waals surface area contributed by atoms with Crippen molar-refractivity contribution in [2.24, 2.45) is 4.99 Å². The molecule has 0 aliphatic carbocycles. The van der Waals surface area contributed by atoms with Gasteiger partial charge in [-0.05, 0) is 55.0 Å². The first kappa shape index (κ1) is 28.7. The fraction of sp³-hybridized carbons (Fsp3) is 0.267. The number of amidine groups is 1. The highest BCUT2D eigenvalue weighted by molar-refractivity contribution is 8.13. The Morgan fingerprint density at radius 3 is 2.15 bits per heavy atom. The molecular weight excluding hydrogens is 530 g/mol. The molecule has 0 saturated heterocycles. The molecule has 40 heavy (non-hydrogen) atoms. The number of amides is 1. The average Bonchev–Trinajstić information content (AvgIpc) is 2.99. The number of para-hydroxylation sites is 1. The number of carbonyl (C=O) groups excluding carboxylic acids is 1. The van der Waals surface area contributed by atoms with Gasteiger partial charge in [-0.15, -0.1) is 0 Å². The number of hydrogen-bond donors (Lipinski definition) is 2. The minimum absolute atomic E-state index is 0.266. The lowest BCUT2D eigenvalue weighted by Crippen LogP contribution is -2.32. The van der Waals surface area contributed by atoms with E-state index in [1.54, 1.807) is 35.5 Å². The molecule has 1 amide bonds. The molecule has 1 aliphatic heterocycles. The van der Waals surface area contributed by atoms with Crippen LogP contribution in [0.15, 0.2) is 76.9 Å². The van der Waals surface area contributed by atoms with E-state index >= 15 is 0 Å². The Hall–Kier alpha value is -4.31. The predicted molar refractivity (Wildman–Crippen MR) is 158 cm³/mol. The van der Waals surface area contributed by atoms with Gasteiger partial charge in [0.05, 0.1) is 41.1 Å². The van der Waals surface area contributed by atoms with Crippen LogP contribution in [0, 0.1) is 0 Å². The van der Waals surface area contributed by atoms with Crippen LogP contribution in [0.5, 0.6) is 28.7 Å². The second-order valence-electron chi connectivity index (χ2n) is 8.75. The highest BCUT2D eigenvalue weighted by atomic mass is 32.2. The maximum Gasteiger partial charge on any atom is 0.255 e. The van der Waals surface area contributed by atoms with Gasteiger partial charge in [-0.1, -0.05) is 30.0 Å². The zero-order valence-corrected chi connectivity index (χ0v) is 24.2. The first-order chi connectivity index (χ1) is 19.4. The zero-order valence-electron chi connectivity index (χ0n) is 23.4. The standard InChI is InChI=1S/C30H33N3O6S/c1-18-26(29(34)32-21-10-8-7-9-11-21)27(19-15-24(37-4)28(39-6)25(16-19)38-5)33-30(31-18)40-17-20-14-22(35-2)12-13-23(20)36-3/h7-16,27H,17H2,1-6H3,(H,31,33)(H,32,34)/t27-/m1/s1. The number of methoxy groups -OCH3 is 5. The zero-order chi connectivity index (χ0) is 28.6. The summed E-state index contributed by atoms with van der Waals surface area (Å²) < 4.78 is 27.6. The van der Waals surface area contributed by atoms with E-state index in [4.69, 9.17) is 28.7 Å². The van der Waals surface area contributed by atoms with Crippen molar-refractivity contribution in [3.05, 3.63) is 83.1 Å². The lowest BCUT2D eigenvalue weighted by molar-refractivity contribution is -0.113. The van der Waals surface area contributed by atoms with Gasteiger partial charge in [-0.2, -0.15) is 0 Å². The van der Waals surface area contributed by atoms with Crippen LogP contribution in [0.3, 0.4) is 0 Å². The molecular formula is C30H33N3O6S. The molecule has 1 atom stereocenters. The van der Waals surface area contributed by atoms with Crippen molar-refractivity contribution < 1.29 is 28.5 Å². The highest BCUT2D eigenvalue weighted by Gasteiger charge is 2.31. The Labute approximate surface area is 238 Å². The summed E-state index contributed by atoms with van der Waals surface area (Å²) in [5, 5.41) is 6.96. The smallest absolute Gasteiger partial charge is 0.255 e. The van der Waals surface area contributed by atoms with E-state index in [2.05, 4.69) is 10.6 Å². The Morgan fingerprint density at radius 1 is 0.875 bits per heavy atom. The molecule has 3 aromatic rings. The van der Waals surface area contributed by atoms with Crippen molar-refractivity contribution >= 4 is 28.5 Å². The SMILES string of the molecule is COc1ccc(OC)c(CSC2=N[C@H](c3cc(OC)c(OC)c(OC)c3)C(C(=O)Nc3ccccc3)=C(C)N2)c1. The van der Waals surface area contributed by atoms with Crippen LogP contribution in [0.4, 0.5) is 5.69 Å². The monoisotopic (exact) mass is 563 g/mol. The second kappa shape index (κ2) is 13.2. The van der Waals surface area contributed by atoms with Gasteiger partial charge in [0.2, 0.25) is 5.75 Å². The quantitative estimate of drug-likeness (QED) is 0.330. The number of nitrogens with zero attached hydrogens (tertiary/aromatic N) is 1. The van der Waals surface area contributed by atoms with Crippen LogP contribution in [0.25, 0.3) is 0 Å². The maximum absolute atomic E-state index is 13.6. The first-order valence-electron chi connectivity index (χ1n) is 12.5. The van der Waals surface area contributed by atoms with Crippen LogP contribution in [-0.4, -0.2) is 46.6 Å². The third-order valence-corrected chi connectivity index (χ3v) is 7.29. The summed E-state index contributed by atoms with van der Waals surface area (Å²) in [6.45, 7) is 1.87. The van der Waals surface area contributed by atoms with Crippen molar-refractivity contribution in [2.45, 2.75) is 18.7 Å². The Bertz CT molecular complexity index is 1400. The van der Waals surface area contributed by atoms with E-state index in [-0.39, 0.29) is 5.91 Å². The Morgan fingerprint density at radius 2 is 1.55 bits per heavy atom. The number of allylic oxidation sites excluding steroid dienone is 1. The molecule has 0 unspecified atom stereocenters. The minimum Gasteiger partial charge on any atom is -0.497 e. The molecule has 210 valence electrons. The van der Waals surface area contributed by atoms with Gasteiger partial charge < -0.3 is 34.3 Å². The summed E-state index contributed by atoms with van der Waals surface area (Å²) in [5.41, 5.74) is 3.51. The molecule has 0 fully saturated rings. The van der Waals surface area contributed by atoms with Crippen molar-refractivity contribution in [1.29, 1.82) is 0 Å². The second-order valence-corrected chi connectivity index (χ2v) is 9.71. The average molecular weight is 564 g/mol. The van der Waals surface area contributed by atoms with Gasteiger partial charge in [0.25, 0.3) is 5.91 Å². The van der Waals surface area contributed by atoms with Crippen molar-refractivity contribution in [3.8, 4) is 28.7 Å². The van der Waals surface area contributed by atoms with Crippen molar-refractivity contribution in [2.75, 3.05) is 40.9 Å². The summed E-state index contributed by atoms with van der Waals surface area (Å²) in [5.74, 6) is 3.19. The molecule has 1 heterocycles. The number of hydrogen-bond acceptors (Lipinski definition) is 9. The lowest BCUT2D eigenvalue weighted by atomic mass is 9.95. The van der Waals surface area contributed by atoms with Crippen LogP contribution >= 0.6 is 11.8 Å². The molecule has 0 spiro atoms. The molecule has 0 bridgehead atoms. The topological polar surface area (TPSA) is 99.6 Å². The number of thioether (sulfide) groups is 1. The van der Waals surface area contributed by atoms with Crippen molar-refractivity contribution in [1.82, 2.24) is 5.32 Å². The number of ether oxygens (including phenoxy) is 5. The van der Waals surface area contributed by atoms with E-state index < -0.39 is 6.04 Å². The molecule has 0 saturated carbocycles. The summed E-state index contributed by atoms with van der Waals surface area (Å²) in [7, 11) is 7.92. The molecule has 10 heteroatoms. The van der Waals surface area contributed by atoms with Crippen LogP contribution in [-0.2, 0) is 10.5 Å². The largest absolute Gasteiger partial charge is 0.497 e. The van der Waals surface area contributed by atoms with E-state index in [1.165, 1.54) is 11.8 Å². The van der Waals surface area contributed by atoms with E-state index in [9.17, 15) is 4.79 Å². The fourth-order valence-electron chi connectivity index (χ4n) is 4.38. The number of anilines is 1. The number of carbonyl (C=O) groups is 1. The molecule has 4 rings (SSSR count). The third kappa shape index (κ3) is 6.28. The highest BCUT2D eigenvalue weighted by Crippen LogP contribution is 2.43. The molecule has 2 N–H and O–H groups in total. The van der Waals surface area contributed by atoms with Gasteiger partial charge in [0.1, 0.15) is 17.5 Å². The van der Waals surface area contributed by atoms with Crippen LogP contribution in [0.1, 0.15) is 24.1 Å². The van der Waals surface area contributed by atoms with Gasteiger partial charge in [-0.25, -0.2) is 4.99 Å². The molecule has 1 aliphatic rings. The summed E-state index contributed by atoms with van der Waals surface area (Å²) in [6.07, 6.45) is 0. The first-order valence-corrected chi connectivity index (χ1v) is 13.5. The summed E-state index contributed by atoms with van der Waals surface area (Å²) in [4.78, 5) is 18.6. The van der Waals surface area contributed by atoms with Crippen LogP contribution in [0.2, 0.25) is 0 Å². The summed E-state index contributed by atoms with van der Waals surface area (Å²) in [6, 6.07) is 18.0. The Balaban J connectivity index is 1.73. The number of aliphatic imine (C=N–C) groups is 1. The third-order valence-electron chi connectivity index (χ3n) is 6.35. The van der Waals surface area contributed by atoms with E-state index in [0.29, 0.717) is 50.7 Å². The maximum atomic E-state index is 13.6. The Kier molecular flexibility index (Phi) is 9.44. The minimum atomic E-state index is -0.645. The van der Waals surface area contributed by atoms with E-state index in [1.807, 2.05) is 67.6 Å². The fourth-order valence-corrected chi connectivity index (χ4v) is 5.30. The van der Waals surface area contributed by atoms with E-state index in [0.717, 1.165) is 17.1 Å².